The fraction of sp³-hybridized carbons (Fsp3) is 0.562. The Morgan fingerprint density at radius 1 is 1.45 bits per heavy atom. The third kappa shape index (κ3) is 3.44. The van der Waals surface area contributed by atoms with Crippen molar-refractivity contribution in [3.05, 3.63) is 23.8 Å². The molecule has 1 N–H and O–H groups in total. The summed E-state index contributed by atoms with van der Waals surface area (Å²) in [5.41, 5.74) is 2.03. The average Bonchev–Trinajstić information content (AvgIpc) is 2.45. The fourth-order valence-electron chi connectivity index (χ4n) is 2.70. The zero-order valence-corrected chi connectivity index (χ0v) is 12.6. The SMILES string of the molecule is COc1ccc(C)cc1NCC(=O)N1CCCCC1C. The topological polar surface area (TPSA) is 41.6 Å². The zero-order valence-electron chi connectivity index (χ0n) is 12.6. The molecule has 1 atom stereocenters. The van der Waals surface area contributed by atoms with Crippen molar-refractivity contribution in [1.29, 1.82) is 0 Å². The molecule has 1 aliphatic rings. The second kappa shape index (κ2) is 6.64. The van der Waals surface area contributed by atoms with Gasteiger partial charge in [0.05, 0.1) is 19.3 Å². The van der Waals surface area contributed by atoms with E-state index < -0.39 is 0 Å². The highest BCUT2D eigenvalue weighted by molar-refractivity contribution is 5.81. The first-order valence-corrected chi connectivity index (χ1v) is 7.30. The minimum atomic E-state index is 0.167. The lowest BCUT2D eigenvalue weighted by atomic mass is 10.0. The van der Waals surface area contributed by atoms with Gasteiger partial charge in [-0.05, 0) is 50.8 Å². The molecule has 0 spiro atoms. The summed E-state index contributed by atoms with van der Waals surface area (Å²) >= 11 is 0. The monoisotopic (exact) mass is 276 g/mol. The number of ether oxygens (including phenoxy) is 1. The second-order valence-electron chi connectivity index (χ2n) is 5.49. The van der Waals surface area contributed by atoms with E-state index >= 15 is 0 Å². The van der Waals surface area contributed by atoms with Crippen molar-refractivity contribution in [3.8, 4) is 5.75 Å². The Morgan fingerprint density at radius 3 is 2.95 bits per heavy atom. The number of amides is 1. The second-order valence-corrected chi connectivity index (χ2v) is 5.49. The van der Waals surface area contributed by atoms with Crippen LogP contribution < -0.4 is 10.1 Å². The third-order valence-corrected chi connectivity index (χ3v) is 3.91. The molecule has 0 aromatic heterocycles. The van der Waals surface area contributed by atoms with Crippen LogP contribution in [0, 0.1) is 6.92 Å². The number of methoxy groups -OCH3 is 1. The molecule has 0 saturated carbocycles. The lowest BCUT2D eigenvalue weighted by Gasteiger charge is -2.33. The van der Waals surface area contributed by atoms with Gasteiger partial charge in [-0.25, -0.2) is 0 Å². The zero-order chi connectivity index (χ0) is 14.5. The first-order valence-electron chi connectivity index (χ1n) is 7.30. The van der Waals surface area contributed by atoms with E-state index in [0.717, 1.165) is 36.4 Å². The van der Waals surface area contributed by atoms with Crippen molar-refractivity contribution in [2.24, 2.45) is 0 Å². The Balaban J connectivity index is 1.97. The number of carbonyl (C=O) groups excluding carboxylic acids is 1. The van der Waals surface area contributed by atoms with E-state index in [1.54, 1.807) is 7.11 Å². The molecule has 1 aliphatic heterocycles. The number of likely N-dealkylation sites (tertiary alicyclic amines) is 1. The van der Waals surface area contributed by atoms with Crippen LogP contribution in [0.4, 0.5) is 5.69 Å². The molecule has 1 unspecified atom stereocenters. The quantitative estimate of drug-likeness (QED) is 0.919. The van der Waals surface area contributed by atoms with Gasteiger partial charge in [-0.3, -0.25) is 4.79 Å². The fourth-order valence-corrected chi connectivity index (χ4v) is 2.70. The molecule has 4 nitrogen and oxygen atoms in total. The molecule has 1 saturated heterocycles. The van der Waals surface area contributed by atoms with Crippen molar-refractivity contribution in [2.75, 3.05) is 25.5 Å². The molecule has 1 aromatic carbocycles. The smallest absolute Gasteiger partial charge is 0.242 e. The summed E-state index contributed by atoms with van der Waals surface area (Å²) in [5.74, 6) is 0.941. The number of hydrogen-bond donors (Lipinski definition) is 1. The third-order valence-electron chi connectivity index (χ3n) is 3.91. The lowest BCUT2D eigenvalue weighted by molar-refractivity contribution is -0.132. The molecule has 110 valence electrons. The van der Waals surface area contributed by atoms with Crippen molar-refractivity contribution < 1.29 is 9.53 Å². The summed E-state index contributed by atoms with van der Waals surface area (Å²) in [6.07, 6.45) is 3.45. The van der Waals surface area contributed by atoms with Crippen LogP contribution in [0.25, 0.3) is 0 Å². The van der Waals surface area contributed by atoms with E-state index in [1.165, 1.54) is 6.42 Å². The van der Waals surface area contributed by atoms with Crippen LogP contribution >= 0.6 is 0 Å². The number of benzene rings is 1. The van der Waals surface area contributed by atoms with Crippen LogP contribution in [-0.2, 0) is 4.79 Å². The first kappa shape index (κ1) is 14.7. The largest absolute Gasteiger partial charge is 0.495 e. The van der Waals surface area contributed by atoms with Gasteiger partial charge in [0.25, 0.3) is 0 Å². The summed E-state index contributed by atoms with van der Waals surface area (Å²) in [7, 11) is 1.64. The number of aryl methyl sites for hydroxylation is 1. The highest BCUT2D eigenvalue weighted by atomic mass is 16.5. The molecular weight excluding hydrogens is 252 g/mol. The van der Waals surface area contributed by atoms with Crippen LogP contribution in [0.15, 0.2) is 18.2 Å². The van der Waals surface area contributed by atoms with Crippen LogP contribution in [0.5, 0.6) is 5.75 Å². The maximum atomic E-state index is 12.3. The summed E-state index contributed by atoms with van der Waals surface area (Å²) in [4.78, 5) is 14.3. The van der Waals surface area contributed by atoms with E-state index in [2.05, 4.69) is 12.2 Å². The molecule has 0 aliphatic carbocycles. The van der Waals surface area contributed by atoms with Gasteiger partial charge in [0.2, 0.25) is 5.91 Å². The van der Waals surface area contributed by atoms with Gasteiger partial charge in [-0.1, -0.05) is 6.07 Å². The predicted octanol–water partition coefficient (Wildman–Crippen LogP) is 2.82. The normalized spacial score (nSPS) is 18.8. The minimum absolute atomic E-state index is 0.167. The Morgan fingerprint density at radius 2 is 2.25 bits per heavy atom. The Hall–Kier alpha value is -1.71. The summed E-state index contributed by atoms with van der Waals surface area (Å²) < 4.78 is 5.31. The predicted molar refractivity (Wildman–Crippen MR) is 81.2 cm³/mol. The maximum Gasteiger partial charge on any atom is 0.242 e. The lowest BCUT2D eigenvalue weighted by Crippen LogP contribution is -2.44. The molecule has 1 amide bonds. The number of nitrogens with zero attached hydrogens (tertiary/aromatic N) is 1. The van der Waals surface area contributed by atoms with Gasteiger partial charge in [0.15, 0.2) is 0 Å². The Labute approximate surface area is 121 Å². The summed E-state index contributed by atoms with van der Waals surface area (Å²) in [6, 6.07) is 6.29. The average molecular weight is 276 g/mol. The molecule has 0 radical (unpaired) electrons. The maximum absolute atomic E-state index is 12.3. The van der Waals surface area contributed by atoms with Crippen LogP contribution in [-0.4, -0.2) is 37.0 Å². The van der Waals surface area contributed by atoms with Gasteiger partial charge in [-0.2, -0.15) is 0 Å². The number of piperidine rings is 1. The first-order chi connectivity index (χ1) is 9.61. The van der Waals surface area contributed by atoms with Gasteiger partial charge in [0, 0.05) is 12.6 Å². The number of nitrogens with one attached hydrogen (secondary N) is 1. The molecule has 2 rings (SSSR count). The van der Waals surface area contributed by atoms with Crippen LogP contribution in [0.2, 0.25) is 0 Å². The molecule has 0 bridgehead atoms. The minimum Gasteiger partial charge on any atom is -0.495 e. The van der Waals surface area contributed by atoms with E-state index in [1.807, 2.05) is 30.0 Å². The molecule has 1 heterocycles. The van der Waals surface area contributed by atoms with Gasteiger partial charge >= 0.3 is 0 Å². The van der Waals surface area contributed by atoms with E-state index in [0.29, 0.717) is 12.6 Å². The van der Waals surface area contributed by atoms with Gasteiger partial charge < -0.3 is 15.0 Å². The summed E-state index contributed by atoms with van der Waals surface area (Å²) in [6.45, 7) is 5.36. The number of hydrogen-bond acceptors (Lipinski definition) is 3. The highest BCUT2D eigenvalue weighted by Crippen LogP contribution is 2.25. The Kier molecular flexibility index (Phi) is 4.88. The molecular formula is C16H24N2O2. The molecule has 1 fully saturated rings. The van der Waals surface area contributed by atoms with Crippen molar-refractivity contribution in [1.82, 2.24) is 4.90 Å². The molecule has 1 aromatic rings. The Bertz CT molecular complexity index is 474. The number of rotatable bonds is 4. The van der Waals surface area contributed by atoms with E-state index in [-0.39, 0.29) is 5.91 Å². The highest BCUT2D eigenvalue weighted by Gasteiger charge is 2.22. The van der Waals surface area contributed by atoms with Crippen molar-refractivity contribution in [2.45, 2.75) is 39.2 Å². The standard InChI is InChI=1S/C16H24N2O2/c1-12-7-8-15(20-3)14(10-12)17-11-16(19)18-9-5-4-6-13(18)2/h7-8,10,13,17H,4-6,9,11H2,1-3H3. The van der Waals surface area contributed by atoms with Gasteiger partial charge in [0.1, 0.15) is 5.75 Å². The van der Waals surface area contributed by atoms with Crippen LogP contribution in [0.1, 0.15) is 31.7 Å². The number of carbonyl (C=O) groups is 1. The number of anilines is 1. The molecule has 20 heavy (non-hydrogen) atoms. The summed E-state index contributed by atoms with van der Waals surface area (Å²) in [5, 5.41) is 3.21. The van der Waals surface area contributed by atoms with Crippen molar-refractivity contribution in [3.63, 3.8) is 0 Å². The van der Waals surface area contributed by atoms with E-state index in [9.17, 15) is 4.79 Å². The molecule has 4 heteroatoms. The van der Waals surface area contributed by atoms with Crippen molar-refractivity contribution >= 4 is 11.6 Å². The van der Waals surface area contributed by atoms with Gasteiger partial charge in [-0.15, -0.1) is 0 Å². The van der Waals surface area contributed by atoms with E-state index in [4.69, 9.17) is 4.74 Å². The van der Waals surface area contributed by atoms with Crippen LogP contribution in [0.3, 0.4) is 0 Å².